The van der Waals surface area contributed by atoms with Gasteiger partial charge in [-0.05, 0) is 25.5 Å². The van der Waals surface area contributed by atoms with Crippen molar-refractivity contribution in [1.29, 1.82) is 0 Å². The maximum atomic E-state index is 13.1. The van der Waals surface area contributed by atoms with Gasteiger partial charge in [-0.15, -0.1) is 0 Å². The zero-order chi connectivity index (χ0) is 23.7. The Morgan fingerprint density at radius 1 is 1.24 bits per heavy atom. The number of aryl methyl sites for hydroxylation is 2. The molecule has 8 nitrogen and oxygen atoms in total. The van der Waals surface area contributed by atoms with Gasteiger partial charge in [0.1, 0.15) is 24.3 Å². The molecule has 0 radical (unpaired) electrons. The van der Waals surface area contributed by atoms with Gasteiger partial charge in [0.05, 0.1) is 24.9 Å². The Balaban J connectivity index is 1.46. The zero-order valence-corrected chi connectivity index (χ0v) is 20.4. The first-order valence-electron chi connectivity index (χ1n) is 10.4. The third-order valence-electron chi connectivity index (χ3n) is 5.51. The molecule has 0 aromatic heterocycles. The van der Waals surface area contributed by atoms with Gasteiger partial charge in [-0.3, -0.25) is 14.5 Å². The predicted molar refractivity (Wildman–Crippen MR) is 132 cm³/mol. The van der Waals surface area contributed by atoms with Crippen LogP contribution in [-0.2, 0) is 9.59 Å². The molecule has 2 aliphatic rings. The fourth-order valence-corrected chi connectivity index (χ4v) is 5.24. The highest BCUT2D eigenvalue weighted by atomic mass is 35.5. The van der Waals surface area contributed by atoms with E-state index in [2.05, 4.69) is 10.3 Å². The van der Waals surface area contributed by atoms with E-state index in [9.17, 15) is 9.59 Å². The molecule has 2 heterocycles. The molecule has 0 saturated carbocycles. The summed E-state index contributed by atoms with van der Waals surface area (Å²) in [4.78, 5) is 33.8. The molecule has 1 N–H and O–H groups in total. The number of thioether (sulfide) groups is 1. The molecule has 0 bridgehead atoms. The number of carbonyl (C=O) groups excluding carboxylic acids is 2. The van der Waals surface area contributed by atoms with Crippen LogP contribution in [0.4, 0.5) is 11.4 Å². The topological polar surface area (TPSA) is 83.5 Å². The molecule has 2 aliphatic heterocycles. The smallest absolute Gasteiger partial charge is 0.244 e. The van der Waals surface area contributed by atoms with Gasteiger partial charge in [-0.2, -0.15) is 0 Å². The second kappa shape index (κ2) is 9.52. The molecule has 10 heteroatoms. The largest absolute Gasteiger partial charge is 0.497 e. The van der Waals surface area contributed by atoms with E-state index in [-0.39, 0.29) is 24.9 Å². The van der Waals surface area contributed by atoms with Crippen LogP contribution < -0.4 is 19.7 Å². The Hall–Kier alpha value is -2.91. The number of rotatable bonds is 6. The first-order chi connectivity index (χ1) is 15.8. The van der Waals surface area contributed by atoms with E-state index in [0.717, 1.165) is 16.8 Å². The summed E-state index contributed by atoms with van der Waals surface area (Å²) in [5.74, 6) is 0.715. The molecule has 0 unspecified atom stereocenters. The first kappa shape index (κ1) is 23.3. The van der Waals surface area contributed by atoms with Crippen molar-refractivity contribution in [2.45, 2.75) is 25.5 Å². The highest BCUT2D eigenvalue weighted by Crippen LogP contribution is 2.41. The summed E-state index contributed by atoms with van der Waals surface area (Å²) in [6, 6.07) is 9.30. The van der Waals surface area contributed by atoms with E-state index >= 15 is 0 Å². The number of hydrogen-bond acceptors (Lipinski definition) is 7. The maximum absolute atomic E-state index is 13.1. The summed E-state index contributed by atoms with van der Waals surface area (Å²) in [5, 5.41) is 3.42. The number of ether oxygens (including phenoxy) is 2. The first-order valence-corrected chi connectivity index (χ1v) is 11.6. The summed E-state index contributed by atoms with van der Waals surface area (Å²) in [6.07, 6.45) is 0.0701. The Labute approximate surface area is 201 Å². The molecule has 2 amide bonds. The van der Waals surface area contributed by atoms with E-state index in [4.69, 9.17) is 21.1 Å². The molecule has 1 atom stereocenters. The number of fused-ring (bicyclic) bond motifs is 1. The van der Waals surface area contributed by atoms with E-state index in [1.54, 1.807) is 24.1 Å². The quantitative estimate of drug-likeness (QED) is 0.660. The zero-order valence-electron chi connectivity index (χ0n) is 18.8. The Morgan fingerprint density at radius 2 is 2.03 bits per heavy atom. The molecule has 2 aromatic carbocycles. The van der Waals surface area contributed by atoms with E-state index in [0.29, 0.717) is 34.0 Å². The number of benzene rings is 2. The SMILES string of the molecule is COc1cc(Cl)c(OC)c(N2CN=C3S[C@H](CC(=O)Nc4ccc(C)cc4C)C(=O)N3C2)c1. The molecule has 1 fully saturated rings. The molecular formula is C23H25ClN4O4S. The van der Waals surface area contributed by atoms with Crippen LogP contribution in [0.25, 0.3) is 0 Å². The lowest BCUT2D eigenvalue weighted by Gasteiger charge is -2.33. The standard InChI is InChI=1S/C23H25ClN4O4S/c1-13-5-6-17(14(2)7-13)26-20(29)10-19-22(30)28-12-27(11-25-23(28)33-19)18-9-15(31-3)8-16(24)21(18)32-4/h5-9,19H,10-12H2,1-4H3,(H,26,29)/t19-/m1/s1. The number of amides is 2. The average molecular weight is 489 g/mol. The number of amidine groups is 1. The molecule has 0 aliphatic carbocycles. The van der Waals surface area contributed by atoms with Crippen LogP contribution in [0.1, 0.15) is 17.5 Å². The van der Waals surface area contributed by atoms with Gasteiger partial charge in [0.15, 0.2) is 10.9 Å². The third-order valence-corrected chi connectivity index (χ3v) is 7.01. The summed E-state index contributed by atoms with van der Waals surface area (Å²) in [7, 11) is 3.10. The average Bonchev–Trinajstić information content (AvgIpc) is 3.09. The van der Waals surface area contributed by atoms with Gasteiger partial charge in [0.25, 0.3) is 0 Å². The lowest BCUT2D eigenvalue weighted by molar-refractivity contribution is -0.128. The van der Waals surface area contributed by atoms with E-state index in [1.165, 1.54) is 18.9 Å². The summed E-state index contributed by atoms with van der Waals surface area (Å²) >= 11 is 7.67. The molecule has 174 valence electrons. The van der Waals surface area contributed by atoms with E-state index in [1.807, 2.05) is 36.9 Å². The summed E-state index contributed by atoms with van der Waals surface area (Å²) < 4.78 is 10.8. The van der Waals surface area contributed by atoms with Crippen molar-refractivity contribution >= 4 is 51.7 Å². The molecular weight excluding hydrogens is 464 g/mol. The number of aliphatic imine (C=N–C) groups is 1. The summed E-state index contributed by atoms with van der Waals surface area (Å²) in [6.45, 7) is 4.55. The monoisotopic (exact) mass is 488 g/mol. The second-order valence-electron chi connectivity index (χ2n) is 7.87. The van der Waals surface area contributed by atoms with Gasteiger partial charge in [-0.25, -0.2) is 4.99 Å². The number of methoxy groups -OCH3 is 2. The minimum absolute atomic E-state index is 0.0701. The maximum Gasteiger partial charge on any atom is 0.244 e. The number of carbonyl (C=O) groups is 2. The third kappa shape index (κ3) is 4.74. The van der Waals surface area contributed by atoms with Crippen molar-refractivity contribution in [1.82, 2.24) is 4.90 Å². The van der Waals surface area contributed by atoms with Gasteiger partial charge < -0.3 is 19.7 Å². The second-order valence-corrected chi connectivity index (χ2v) is 9.45. The van der Waals surface area contributed by atoms with Crippen molar-refractivity contribution < 1.29 is 19.1 Å². The summed E-state index contributed by atoms with van der Waals surface area (Å²) in [5.41, 5.74) is 3.54. The normalized spacial score (nSPS) is 17.5. The highest BCUT2D eigenvalue weighted by molar-refractivity contribution is 8.15. The number of anilines is 2. The molecule has 1 saturated heterocycles. The number of nitrogens with zero attached hydrogens (tertiary/aromatic N) is 3. The van der Waals surface area contributed by atoms with Crippen LogP contribution in [-0.4, -0.2) is 54.7 Å². The van der Waals surface area contributed by atoms with Crippen molar-refractivity contribution in [3.8, 4) is 11.5 Å². The van der Waals surface area contributed by atoms with E-state index < -0.39 is 5.25 Å². The van der Waals surface area contributed by atoms with Crippen LogP contribution in [0.15, 0.2) is 35.3 Å². The van der Waals surface area contributed by atoms with Crippen molar-refractivity contribution in [2.24, 2.45) is 4.99 Å². The highest BCUT2D eigenvalue weighted by Gasteiger charge is 2.42. The van der Waals surface area contributed by atoms with Gasteiger partial charge >= 0.3 is 0 Å². The number of hydrogen-bond donors (Lipinski definition) is 1. The van der Waals surface area contributed by atoms with Crippen LogP contribution in [0.2, 0.25) is 5.02 Å². The Kier molecular flexibility index (Phi) is 6.71. The lowest BCUT2D eigenvalue weighted by atomic mass is 10.1. The minimum atomic E-state index is -0.523. The van der Waals surface area contributed by atoms with Crippen LogP contribution in [0, 0.1) is 13.8 Å². The Morgan fingerprint density at radius 3 is 2.73 bits per heavy atom. The van der Waals surface area contributed by atoms with Crippen LogP contribution >= 0.6 is 23.4 Å². The lowest BCUT2D eigenvalue weighted by Crippen LogP contribution is -2.46. The van der Waals surface area contributed by atoms with Gasteiger partial charge in [-0.1, -0.05) is 41.1 Å². The Bertz CT molecular complexity index is 1140. The minimum Gasteiger partial charge on any atom is -0.497 e. The predicted octanol–water partition coefficient (Wildman–Crippen LogP) is 4.04. The fourth-order valence-electron chi connectivity index (χ4n) is 3.84. The molecule has 33 heavy (non-hydrogen) atoms. The van der Waals surface area contributed by atoms with Crippen LogP contribution in [0.5, 0.6) is 11.5 Å². The number of nitrogens with one attached hydrogen (secondary N) is 1. The fraction of sp³-hybridized carbons (Fsp3) is 0.348. The van der Waals surface area contributed by atoms with Crippen LogP contribution in [0.3, 0.4) is 0 Å². The van der Waals surface area contributed by atoms with Crippen molar-refractivity contribution in [3.05, 3.63) is 46.5 Å². The van der Waals surface area contributed by atoms with Gasteiger partial charge in [0.2, 0.25) is 11.8 Å². The van der Waals surface area contributed by atoms with Crippen molar-refractivity contribution in [3.63, 3.8) is 0 Å². The molecule has 4 rings (SSSR count). The number of halogens is 1. The van der Waals surface area contributed by atoms with Crippen molar-refractivity contribution in [2.75, 3.05) is 37.8 Å². The van der Waals surface area contributed by atoms with Gasteiger partial charge in [0, 0.05) is 24.2 Å². The molecule has 0 spiro atoms. The molecule has 2 aromatic rings.